The smallest absolute Gasteiger partial charge is 0.0946 e. The predicted molar refractivity (Wildman–Crippen MR) is 82.1 cm³/mol. The Labute approximate surface area is 120 Å². The molecule has 0 aliphatic carbocycles. The van der Waals surface area contributed by atoms with E-state index in [1.165, 1.54) is 9.77 Å². The maximum atomic E-state index is 5.93. The molecule has 0 aliphatic rings. The maximum absolute atomic E-state index is 5.93. The van der Waals surface area contributed by atoms with Crippen molar-refractivity contribution in [1.82, 2.24) is 0 Å². The fourth-order valence-corrected chi connectivity index (χ4v) is 4.56. The molecular formula is C11H8BrClS3. The SMILES string of the molecule is CSc1cc(C=Cc2cc(Cl)sc2Br)cs1. The Kier molecular flexibility index (Phi) is 4.56. The highest BCUT2D eigenvalue weighted by atomic mass is 79.9. The second kappa shape index (κ2) is 5.74. The minimum Gasteiger partial charge on any atom is -0.137 e. The van der Waals surface area contributed by atoms with Crippen molar-refractivity contribution >= 4 is 74.1 Å². The first kappa shape index (κ1) is 12.7. The Bertz CT molecular complexity index is 513. The van der Waals surface area contributed by atoms with E-state index in [1.54, 1.807) is 34.4 Å². The van der Waals surface area contributed by atoms with Gasteiger partial charge in [-0.25, -0.2) is 0 Å². The Morgan fingerprint density at radius 3 is 2.75 bits per heavy atom. The summed E-state index contributed by atoms with van der Waals surface area (Å²) in [5.74, 6) is 0. The predicted octanol–water partition coefficient (Wildman–Crippen LogP) is 6.12. The number of thioether (sulfide) groups is 1. The fourth-order valence-electron chi connectivity index (χ4n) is 1.18. The molecule has 0 saturated heterocycles. The second-order valence-corrected chi connectivity index (χ2v) is 8.04. The zero-order chi connectivity index (χ0) is 11.5. The van der Waals surface area contributed by atoms with Gasteiger partial charge in [0.2, 0.25) is 0 Å². The van der Waals surface area contributed by atoms with Crippen molar-refractivity contribution in [3.05, 3.63) is 36.8 Å². The molecule has 0 bridgehead atoms. The standard InChI is InChI=1S/C11H8BrClS3/c1-14-10-4-7(6-15-10)2-3-8-5-9(13)16-11(8)12/h2-6H,1H3. The maximum Gasteiger partial charge on any atom is 0.0946 e. The van der Waals surface area contributed by atoms with E-state index in [0.717, 1.165) is 13.7 Å². The summed E-state index contributed by atoms with van der Waals surface area (Å²) in [6.45, 7) is 0. The highest BCUT2D eigenvalue weighted by Crippen LogP contribution is 2.33. The lowest BCUT2D eigenvalue weighted by atomic mass is 10.2. The number of thiophene rings is 2. The normalized spacial score (nSPS) is 11.4. The zero-order valence-corrected chi connectivity index (χ0v) is 13.2. The van der Waals surface area contributed by atoms with Gasteiger partial charge in [-0.2, -0.15) is 0 Å². The van der Waals surface area contributed by atoms with Crippen molar-refractivity contribution in [1.29, 1.82) is 0 Å². The van der Waals surface area contributed by atoms with E-state index in [9.17, 15) is 0 Å². The van der Waals surface area contributed by atoms with Crippen molar-refractivity contribution in [2.75, 3.05) is 6.26 Å². The van der Waals surface area contributed by atoms with Gasteiger partial charge in [-0.3, -0.25) is 0 Å². The van der Waals surface area contributed by atoms with Crippen LogP contribution in [0.1, 0.15) is 11.1 Å². The number of hydrogen-bond acceptors (Lipinski definition) is 3. The summed E-state index contributed by atoms with van der Waals surface area (Å²) < 4.78 is 3.22. The summed E-state index contributed by atoms with van der Waals surface area (Å²) >= 11 is 14.5. The lowest BCUT2D eigenvalue weighted by molar-refractivity contribution is 1.70. The van der Waals surface area contributed by atoms with Crippen LogP contribution < -0.4 is 0 Å². The lowest BCUT2D eigenvalue weighted by Gasteiger charge is -1.87. The molecule has 0 amide bonds. The highest BCUT2D eigenvalue weighted by molar-refractivity contribution is 9.11. The Hall–Kier alpha value is 0.260. The summed E-state index contributed by atoms with van der Waals surface area (Å²) in [5.41, 5.74) is 2.37. The van der Waals surface area contributed by atoms with E-state index in [0.29, 0.717) is 0 Å². The highest BCUT2D eigenvalue weighted by Gasteiger charge is 2.02. The second-order valence-electron chi connectivity index (χ2n) is 3.02. The van der Waals surface area contributed by atoms with Crippen LogP contribution in [0.3, 0.4) is 0 Å². The molecule has 0 nitrogen and oxygen atoms in total. The van der Waals surface area contributed by atoms with E-state index in [2.05, 4.69) is 45.8 Å². The first-order chi connectivity index (χ1) is 7.69. The Morgan fingerprint density at radius 1 is 1.38 bits per heavy atom. The molecule has 0 aromatic carbocycles. The van der Waals surface area contributed by atoms with Crippen molar-refractivity contribution < 1.29 is 0 Å². The topological polar surface area (TPSA) is 0 Å². The number of halogens is 2. The van der Waals surface area contributed by atoms with Crippen LogP contribution >= 0.6 is 62.0 Å². The largest absolute Gasteiger partial charge is 0.137 e. The van der Waals surface area contributed by atoms with Crippen LogP contribution in [0.4, 0.5) is 0 Å². The monoisotopic (exact) mass is 350 g/mol. The van der Waals surface area contributed by atoms with Gasteiger partial charge in [-0.15, -0.1) is 34.4 Å². The van der Waals surface area contributed by atoms with E-state index in [-0.39, 0.29) is 0 Å². The van der Waals surface area contributed by atoms with E-state index < -0.39 is 0 Å². The van der Waals surface area contributed by atoms with Gasteiger partial charge in [0, 0.05) is 5.56 Å². The molecule has 0 N–H and O–H groups in total. The van der Waals surface area contributed by atoms with Crippen LogP contribution in [0.5, 0.6) is 0 Å². The first-order valence-corrected chi connectivity index (χ1v) is 8.53. The van der Waals surface area contributed by atoms with Gasteiger partial charge in [0.15, 0.2) is 0 Å². The van der Waals surface area contributed by atoms with Crippen molar-refractivity contribution in [2.24, 2.45) is 0 Å². The van der Waals surface area contributed by atoms with Gasteiger partial charge in [-0.1, -0.05) is 23.8 Å². The van der Waals surface area contributed by atoms with Gasteiger partial charge in [0.05, 0.1) is 12.3 Å². The average molecular weight is 352 g/mol. The van der Waals surface area contributed by atoms with Gasteiger partial charge in [0.25, 0.3) is 0 Å². The average Bonchev–Trinajstić information content (AvgIpc) is 2.82. The molecule has 0 spiro atoms. The number of hydrogen-bond donors (Lipinski definition) is 0. The van der Waals surface area contributed by atoms with Crippen LogP contribution in [0, 0.1) is 0 Å². The third-order valence-electron chi connectivity index (χ3n) is 1.94. The van der Waals surface area contributed by atoms with Gasteiger partial charge >= 0.3 is 0 Å². The summed E-state index contributed by atoms with van der Waals surface area (Å²) in [6, 6.07) is 4.16. The minimum atomic E-state index is 0.807. The molecule has 0 aliphatic heterocycles. The molecule has 0 unspecified atom stereocenters. The molecule has 2 aromatic heterocycles. The van der Waals surface area contributed by atoms with Gasteiger partial charge in [0.1, 0.15) is 0 Å². The van der Waals surface area contributed by atoms with E-state index >= 15 is 0 Å². The van der Waals surface area contributed by atoms with Crippen molar-refractivity contribution in [2.45, 2.75) is 4.21 Å². The van der Waals surface area contributed by atoms with E-state index in [4.69, 9.17) is 11.6 Å². The lowest BCUT2D eigenvalue weighted by Crippen LogP contribution is -1.64. The molecule has 84 valence electrons. The summed E-state index contributed by atoms with van der Waals surface area (Å²) in [6.07, 6.45) is 6.28. The fraction of sp³-hybridized carbons (Fsp3) is 0.0909. The van der Waals surface area contributed by atoms with Gasteiger partial charge in [-0.05, 0) is 45.3 Å². The van der Waals surface area contributed by atoms with Crippen LogP contribution in [-0.2, 0) is 0 Å². The molecule has 2 heterocycles. The molecule has 0 radical (unpaired) electrons. The molecule has 2 rings (SSSR count). The van der Waals surface area contributed by atoms with E-state index in [1.807, 2.05) is 6.07 Å². The zero-order valence-electron chi connectivity index (χ0n) is 8.37. The van der Waals surface area contributed by atoms with Crippen LogP contribution in [0.25, 0.3) is 12.2 Å². The first-order valence-electron chi connectivity index (χ1n) is 4.44. The van der Waals surface area contributed by atoms with Gasteiger partial charge < -0.3 is 0 Å². The van der Waals surface area contributed by atoms with Crippen molar-refractivity contribution in [3.8, 4) is 0 Å². The Balaban J connectivity index is 2.17. The van der Waals surface area contributed by atoms with Crippen LogP contribution in [-0.4, -0.2) is 6.26 Å². The molecule has 2 aromatic rings. The van der Waals surface area contributed by atoms with Crippen LogP contribution in [0.15, 0.2) is 25.5 Å². The van der Waals surface area contributed by atoms with Crippen LogP contribution in [0.2, 0.25) is 4.34 Å². The van der Waals surface area contributed by atoms with Crippen molar-refractivity contribution in [3.63, 3.8) is 0 Å². The molecule has 0 atom stereocenters. The summed E-state index contributed by atoms with van der Waals surface area (Å²) in [4.78, 5) is 0. The number of rotatable bonds is 3. The third kappa shape index (κ3) is 3.14. The molecule has 16 heavy (non-hydrogen) atoms. The quantitative estimate of drug-likeness (QED) is 0.600. The summed E-state index contributed by atoms with van der Waals surface area (Å²) in [7, 11) is 0. The third-order valence-corrected chi connectivity index (χ3v) is 6.00. The summed E-state index contributed by atoms with van der Waals surface area (Å²) in [5, 5.41) is 2.16. The molecular weight excluding hydrogens is 344 g/mol. The molecule has 5 heteroatoms. The molecule has 0 saturated carbocycles. The molecule has 0 fully saturated rings. The Morgan fingerprint density at radius 2 is 2.19 bits per heavy atom. The minimum absolute atomic E-state index is 0.807.